The fourth-order valence-corrected chi connectivity index (χ4v) is 2.37. The summed E-state index contributed by atoms with van der Waals surface area (Å²) < 4.78 is 0.935. The Hall–Kier alpha value is -0.580. The van der Waals surface area contributed by atoms with E-state index in [9.17, 15) is 5.11 Å². The molecule has 1 aromatic carbocycles. The second-order valence-electron chi connectivity index (χ2n) is 4.81. The number of anilines is 1. The molecule has 2 rings (SSSR count). The highest BCUT2D eigenvalue weighted by atomic mass is 79.9. The molecule has 0 bridgehead atoms. The summed E-state index contributed by atoms with van der Waals surface area (Å²) in [4.78, 5) is 2.25. The molecule has 1 atom stereocenters. The van der Waals surface area contributed by atoms with Crippen LogP contribution in [0, 0.1) is 0 Å². The number of β-amino-alcohol motifs (C(OH)–C–C–N with tert-alkyl or cyclic N) is 1. The Morgan fingerprint density at radius 3 is 2.88 bits per heavy atom. The van der Waals surface area contributed by atoms with Crippen molar-refractivity contribution in [3.8, 4) is 0 Å². The van der Waals surface area contributed by atoms with Crippen molar-refractivity contribution in [2.24, 2.45) is 0 Å². The summed E-state index contributed by atoms with van der Waals surface area (Å²) in [6.45, 7) is 4.43. The summed E-state index contributed by atoms with van der Waals surface area (Å²) in [5.41, 5.74) is 7.27. The van der Waals surface area contributed by atoms with Gasteiger partial charge in [0.15, 0.2) is 0 Å². The Morgan fingerprint density at radius 2 is 2.31 bits per heavy atom. The van der Waals surface area contributed by atoms with E-state index < -0.39 is 5.60 Å². The Labute approximate surface area is 104 Å². The van der Waals surface area contributed by atoms with Crippen molar-refractivity contribution < 1.29 is 5.11 Å². The van der Waals surface area contributed by atoms with Crippen LogP contribution in [0.2, 0.25) is 0 Å². The van der Waals surface area contributed by atoms with Crippen LogP contribution in [0.3, 0.4) is 0 Å². The van der Waals surface area contributed by atoms with E-state index in [2.05, 4.69) is 26.9 Å². The maximum absolute atomic E-state index is 9.87. The van der Waals surface area contributed by atoms with Crippen LogP contribution in [0.4, 0.5) is 5.69 Å². The number of aliphatic hydroxyl groups is 1. The van der Waals surface area contributed by atoms with Crippen molar-refractivity contribution >= 4 is 21.6 Å². The van der Waals surface area contributed by atoms with Crippen molar-refractivity contribution in [2.75, 3.05) is 18.8 Å². The highest BCUT2D eigenvalue weighted by molar-refractivity contribution is 9.10. The molecule has 0 spiro atoms. The average molecular weight is 285 g/mol. The monoisotopic (exact) mass is 284 g/mol. The lowest BCUT2D eigenvalue weighted by Gasteiger charge is -2.19. The molecule has 4 heteroatoms. The van der Waals surface area contributed by atoms with Gasteiger partial charge in [0.1, 0.15) is 0 Å². The van der Waals surface area contributed by atoms with Gasteiger partial charge >= 0.3 is 0 Å². The molecule has 0 amide bonds. The van der Waals surface area contributed by atoms with Crippen molar-refractivity contribution in [1.82, 2.24) is 4.90 Å². The van der Waals surface area contributed by atoms with Crippen LogP contribution < -0.4 is 5.73 Å². The fourth-order valence-electron chi connectivity index (χ4n) is 2.12. The van der Waals surface area contributed by atoms with Gasteiger partial charge in [-0.15, -0.1) is 0 Å². The number of nitrogen functional groups attached to an aromatic ring is 1. The van der Waals surface area contributed by atoms with E-state index in [-0.39, 0.29) is 0 Å². The summed E-state index contributed by atoms with van der Waals surface area (Å²) in [5, 5.41) is 9.87. The second-order valence-corrected chi connectivity index (χ2v) is 5.67. The van der Waals surface area contributed by atoms with E-state index in [1.54, 1.807) is 0 Å². The third-order valence-electron chi connectivity index (χ3n) is 3.00. The minimum absolute atomic E-state index is 0.527. The first kappa shape index (κ1) is 11.9. The second kappa shape index (κ2) is 4.35. The zero-order valence-corrected chi connectivity index (χ0v) is 11.0. The van der Waals surface area contributed by atoms with E-state index >= 15 is 0 Å². The van der Waals surface area contributed by atoms with Crippen LogP contribution in [-0.2, 0) is 6.54 Å². The van der Waals surface area contributed by atoms with Crippen LogP contribution in [0.1, 0.15) is 18.9 Å². The molecule has 1 saturated heterocycles. The van der Waals surface area contributed by atoms with E-state index in [1.807, 2.05) is 19.1 Å². The summed E-state index contributed by atoms with van der Waals surface area (Å²) >= 11 is 3.38. The van der Waals surface area contributed by atoms with Gasteiger partial charge in [-0.25, -0.2) is 0 Å². The number of hydrogen-bond donors (Lipinski definition) is 2. The van der Waals surface area contributed by atoms with Gasteiger partial charge < -0.3 is 10.8 Å². The summed E-state index contributed by atoms with van der Waals surface area (Å²) in [6.07, 6.45) is 0.846. The number of likely N-dealkylation sites (tertiary alicyclic amines) is 1. The van der Waals surface area contributed by atoms with Gasteiger partial charge in [0.05, 0.1) is 5.60 Å². The minimum atomic E-state index is -0.527. The number of nitrogens with two attached hydrogens (primary N) is 1. The Bertz CT molecular complexity index is 393. The van der Waals surface area contributed by atoms with E-state index in [0.29, 0.717) is 0 Å². The van der Waals surface area contributed by atoms with Crippen LogP contribution in [0.5, 0.6) is 0 Å². The number of benzene rings is 1. The molecule has 1 unspecified atom stereocenters. The topological polar surface area (TPSA) is 49.5 Å². The molecule has 1 fully saturated rings. The van der Waals surface area contributed by atoms with Gasteiger partial charge in [-0.05, 0) is 47.0 Å². The highest BCUT2D eigenvalue weighted by Crippen LogP contribution is 2.24. The Kier molecular flexibility index (Phi) is 3.24. The van der Waals surface area contributed by atoms with Crippen molar-refractivity contribution in [3.63, 3.8) is 0 Å². The van der Waals surface area contributed by atoms with Crippen LogP contribution >= 0.6 is 15.9 Å². The number of hydrogen-bond acceptors (Lipinski definition) is 3. The first-order valence-electron chi connectivity index (χ1n) is 5.45. The molecule has 1 aliphatic rings. The molecular formula is C12H17BrN2O. The highest BCUT2D eigenvalue weighted by Gasteiger charge is 2.30. The molecule has 88 valence electrons. The van der Waals surface area contributed by atoms with Gasteiger partial charge in [-0.3, -0.25) is 4.90 Å². The fraction of sp³-hybridized carbons (Fsp3) is 0.500. The molecule has 0 aliphatic carbocycles. The predicted molar refractivity (Wildman–Crippen MR) is 69.1 cm³/mol. The smallest absolute Gasteiger partial charge is 0.0758 e. The van der Waals surface area contributed by atoms with Crippen LogP contribution in [-0.4, -0.2) is 28.7 Å². The minimum Gasteiger partial charge on any atom is -0.398 e. The van der Waals surface area contributed by atoms with Crippen LogP contribution in [0.15, 0.2) is 22.7 Å². The molecule has 3 N–H and O–H groups in total. The maximum atomic E-state index is 9.87. The molecule has 3 nitrogen and oxygen atoms in total. The molecular weight excluding hydrogens is 268 g/mol. The van der Waals surface area contributed by atoms with E-state index in [1.165, 1.54) is 5.56 Å². The SMILES string of the molecule is CC1(O)CCN(Cc2ccc(Br)c(N)c2)C1. The normalized spacial score (nSPS) is 26.2. The first-order chi connectivity index (χ1) is 7.46. The lowest BCUT2D eigenvalue weighted by molar-refractivity contribution is 0.0679. The third kappa shape index (κ3) is 2.75. The average Bonchev–Trinajstić information content (AvgIpc) is 2.52. The summed E-state index contributed by atoms with van der Waals surface area (Å²) in [6, 6.07) is 6.02. The zero-order chi connectivity index (χ0) is 11.8. The molecule has 1 heterocycles. The molecule has 1 aromatic rings. The lowest BCUT2D eigenvalue weighted by atomic mass is 10.1. The van der Waals surface area contributed by atoms with Gasteiger partial charge in [0, 0.05) is 29.8 Å². The largest absolute Gasteiger partial charge is 0.398 e. The van der Waals surface area contributed by atoms with Gasteiger partial charge in [-0.2, -0.15) is 0 Å². The summed E-state index contributed by atoms with van der Waals surface area (Å²) in [7, 11) is 0. The molecule has 0 aromatic heterocycles. The molecule has 0 saturated carbocycles. The number of halogens is 1. The van der Waals surface area contributed by atoms with Gasteiger partial charge in [-0.1, -0.05) is 6.07 Å². The lowest BCUT2D eigenvalue weighted by Crippen LogP contribution is -2.29. The summed E-state index contributed by atoms with van der Waals surface area (Å²) in [5.74, 6) is 0. The third-order valence-corrected chi connectivity index (χ3v) is 3.72. The van der Waals surface area contributed by atoms with Crippen molar-refractivity contribution in [2.45, 2.75) is 25.5 Å². The first-order valence-corrected chi connectivity index (χ1v) is 6.24. The zero-order valence-electron chi connectivity index (χ0n) is 9.41. The van der Waals surface area contributed by atoms with Gasteiger partial charge in [0.2, 0.25) is 0 Å². The van der Waals surface area contributed by atoms with E-state index in [0.717, 1.165) is 36.2 Å². The standard InChI is InChI=1S/C12H17BrN2O/c1-12(16)4-5-15(8-12)7-9-2-3-10(13)11(14)6-9/h2-3,6,16H,4-5,7-8,14H2,1H3. The Balaban J connectivity index is 2.02. The maximum Gasteiger partial charge on any atom is 0.0758 e. The number of rotatable bonds is 2. The van der Waals surface area contributed by atoms with Crippen LogP contribution in [0.25, 0.3) is 0 Å². The van der Waals surface area contributed by atoms with Crippen molar-refractivity contribution in [1.29, 1.82) is 0 Å². The molecule has 16 heavy (non-hydrogen) atoms. The predicted octanol–water partition coefficient (Wildman–Crippen LogP) is 1.99. The molecule has 1 aliphatic heterocycles. The van der Waals surface area contributed by atoms with E-state index in [4.69, 9.17) is 5.73 Å². The van der Waals surface area contributed by atoms with Gasteiger partial charge in [0.25, 0.3) is 0 Å². The Morgan fingerprint density at radius 1 is 1.56 bits per heavy atom. The molecule has 0 radical (unpaired) electrons. The number of nitrogens with zero attached hydrogens (tertiary/aromatic N) is 1. The quantitative estimate of drug-likeness (QED) is 0.817. The van der Waals surface area contributed by atoms with Crippen molar-refractivity contribution in [3.05, 3.63) is 28.2 Å².